The molecule has 0 radical (unpaired) electrons. The van der Waals surface area contributed by atoms with Crippen LogP contribution in [0, 0.1) is 0 Å². The lowest BCUT2D eigenvalue weighted by atomic mass is 10.2. The second kappa shape index (κ2) is 5.86. The Balaban J connectivity index is 1.70. The van der Waals surface area contributed by atoms with Crippen molar-refractivity contribution in [3.8, 4) is 0 Å². The van der Waals surface area contributed by atoms with Gasteiger partial charge in [-0.25, -0.2) is 0 Å². The molecule has 0 unspecified atom stereocenters. The van der Waals surface area contributed by atoms with E-state index in [-0.39, 0.29) is 5.91 Å². The van der Waals surface area contributed by atoms with Gasteiger partial charge in [0, 0.05) is 25.2 Å². The Bertz CT molecular complexity index is 397. The minimum atomic E-state index is -0.154. The summed E-state index contributed by atoms with van der Waals surface area (Å²) in [6, 6.07) is 2.22. The summed E-state index contributed by atoms with van der Waals surface area (Å²) < 4.78 is 0. The Hall–Kier alpha value is -1.56. The molecule has 6 heteroatoms. The number of carbonyl (C=O) groups excluding carboxylic acids is 1. The molecule has 1 aromatic heterocycles. The van der Waals surface area contributed by atoms with Crippen molar-refractivity contribution in [2.24, 2.45) is 0 Å². The molecule has 2 rings (SSSR count). The summed E-state index contributed by atoms with van der Waals surface area (Å²) in [6.45, 7) is 1.52. The van der Waals surface area contributed by atoms with Crippen molar-refractivity contribution in [2.75, 3.05) is 25.9 Å². The molecule has 18 heavy (non-hydrogen) atoms. The van der Waals surface area contributed by atoms with Crippen LogP contribution in [0.2, 0.25) is 0 Å². The fraction of sp³-hybridized carbons (Fsp3) is 0.667. The number of nitrogens with two attached hydrogens (primary N) is 1. The molecule has 1 aromatic rings. The van der Waals surface area contributed by atoms with E-state index in [1.165, 1.54) is 31.7 Å². The molecule has 4 N–H and O–H groups in total. The molecule has 1 aliphatic rings. The van der Waals surface area contributed by atoms with Crippen molar-refractivity contribution < 1.29 is 4.79 Å². The SMILES string of the molecule is CN(CCNC(=O)c1cc(N)n[nH]1)C1CCCC1. The molecular formula is C12H21N5O. The highest BCUT2D eigenvalue weighted by atomic mass is 16.1. The summed E-state index contributed by atoms with van der Waals surface area (Å²) in [5.74, 6) is 0.183. The van der Waals surface area contributed by atoms with Crippen LogP contribution < -0.4 is 11.1 Å². The zero-order valence-electron chi connectivity index (χ0n) is 10.8. The van der Waals surface area contributed by atoms with Gasteiger partial charge in [0.05, 0.1) is 0 Å². The number of nitrogens with one attached hydrogen (secondary N) is 2. The van der Waals surface area contributed by atoms with E-state index in [0.29, 0.717) is 24.1 Å². The molecule has 0 atom stereocenters. The van der Waals surface area contributed by atoms with Crippen molar-refractivity contribution in [1.29, 1.82) is 0 Å². The number of hydrogen-bond acceptors (Lipinski definition) is 4. The highest BCUT2D eigenvalue weighted by molar-refractivity contribution is 5.92. The zero-order chi connectivity index (χ0) is 13.0. The molecule has 6 nitrogen and oxygen atoms in total. The Morgan fingerprint density at radius 1 is 1.61 bits per heavy atom. The van der Waals surface area contributed by atoms with Gasteiger partial charge in [-0.3, -0.25) is 9.89 Å². The summed E-state index contributed by atoms with van der Waals surface area (Å²) >= 11 is 0. The number of rotatable bonds is 5. The molecule has 0 spiro atoms. The fourth-order valence-electron chi connectivity index (χ4n) is 2.42. The van der Waals surface area contributed by atoms with E-state index in [4.69, 9.17) is 5.73 Å². The van der Waals surface area contributed by atoms with Crippen molar-refractivity contribution in [3.05, 3.63) is 11.8 Å². The van der Waals surface area contributed by atoms with E-state index in [1.807, 2.05) is 0 Å². The van der Waals surface area contributed by atoms with E-state index >= 15 is 0 Å². The fourth-order valence-corrected chi connectivity index (χ4v) is 2.42. The Morgan fingerprint density at radius 2 is 2.33 bits per heavy atom. The number of aromatic amines is 1. The molecule has 0 saturated heterocycles. The molecule has 1 fully saturated rings. The summed E-state index contributed by atoms with van der Waals surface area (Å²) in [6.07, 6.45) is 5.21. The second-order valence-electron chi connectivity index (χ2n) is 4.88. The van der Waals surface area contributed by atoms with E-state index in [9.17, 15) is 4.79 Å². The maximum absolute atomic E-state index is 11.7. The first-order valence-electron chi connectivity index (χ1n) is 6.46. The predicted octanol–water partition coefficient (Wildman–Crippen LogP) is 0.596. The number of likely N-dealkylation sites (N-methyl/N-ethyl adjacent to an activating group) is 1. The lowest BCUT2D eigenvalue weighted by Gasteiger charge is -2.23. The Morgan fingerprint density at radius 3 is 2.94 bits per heavy atom. The monoisotopic (exact) mass is 251 g/mol. The molecule has 100 valence electrons. The lowest BCUT2D eigenvalue weighted by Crippen LogP contribution is -2.37. The van der Waals surface area contributed by atoms with Crippen molar-refractivity contribution >= 4 is 11.7 Å². The predicted molar refractivity (Wildman–Crippen MR) is 70.2 cm³/mol. The normalized spacial score (nSPS) is 16.3. The number of amides is 1. The van der Waals surface area contributed by atoms with Crippen LogP contribution in [0.25, 0.3) is 0 Å². The van der Waals surface area contributed by atoms with Crippen LogP contribution >= 0.6 is 0 Å². The van der Waals surface area contributed by atoms with Crippen LogP contribution in [-0.2, 0) is 0 Å². The van der Waals surface area contributed by atoms with Gasteiger partial charge in [-0.15, -0.1) is 0 Å². The zero-order valence-corrected chi connectivity index (χ0v) is 10.8. The molecule has 0 bridgehead atoms. The summed E-state index contributed by atoms with van der Waals surface area (Å²) in [5, 5.41) is 9.18. The van der Waals surface area contributed by atoms with Crippen LogP contribution in [0.5, 0.6) is 0 Å². The highest BCUT2D eigenvalue weighted by Gasteiger charge is 2.19. The third-order valence-corrected chi connectivity index (χ3v) is 3.54. The summed E-state index contributed by atoms with van der Waals surface area (Å²) in [4.78, 5) is 14.0. The van der Waals surface area contributed by atoms with Crippen LogP contribution in [0.15, 0.2) is 6.07 Å². The smallest absolute Gasteiger partial charge is 0.269 e. The number of hydrogen-bond donors (Lipinski definition) is 3. The van der Waals surface area contributed by atoms with Gasteiger partial charge in [0.2, 0.25) is 0 Å². The number of nitrogens with zero attached hydrogens (tertiary/aromatic N) is 2. The van der Waals surface area contributed by atoms with Gasteiger partial charge < -0.3 is 16.0 Å². The number of nitrogen functional groups attached to an aromatic ring is 1. The number of anilines is 1. The minimum absolute atomic E-state index is 0.154. The maximum Gasteiger partial charge on any atom is 0.269 e. The van der Waals surface area contributed by atoms with Crippen molar-refractivity contribution in [2.45, 2.75) is 31.7 Å². The topological polar surface area (TPSA) is 87.0 Å². The molecule has 1 amide bonds. The first-order valence-corrected chi connectivity index (χ1v) is 6.46. The van der Waals surface area contributed by atoms with Crippen LogP contribution in [0.4, 0.5) is 5.82 Å². The summed E-state index contributed by atoms with van der Waals surface area (Å²) in [7, 11) is 2.12. The molecule has 1 aliphatic carbocycles. The Kier molecular flexibility index (Phi) is 4.19. The average Bonchev–Trinajstić information content (AvgIpc) is 2.99. The van der Waals surface area contributed by atoms with Crippen molar-refractivity contribution in [3.63, 3.8) is 0 Å². The van der Waals surface area contributed by atoms with Crippen LogP contribution in [0.3, 0.4) is 0 Å². The lowest BCUT2D eigenvalue weighted by molar-refractivity contribution is 0.0942. The van der Waals surface area contributed by atoms with Crippen LogP contribution in [0.1, 0.15) is 36.2 Å². The third-order valence-electron chi connectivity index (χ3n) is 3.54. The van der Waals surface area contributed by atoms with Gasteiger partial charge in [-0.05, 0) is 19.9 Å². The average molecular weight is 251 g/mol. The number of aromatic nitrogens is 2. The van der Waals surface area contributed by atoms with Gasteiger partial charge in [-0.2, -0.15) is 5.10 Å². The third kappa shape index (κ3) is 3.22. The van der Waals surface area contributed by atoms with E-state index in [2.05, 4.69) is 27.5 Å². The quantitative estimate of drug-likeness (QED) is 0.715. The van der Waals surface area contributed by atoms with E-state index in [1.54, 1.807) is 0 Å². The van der Waals surface area contributed by atoms with Gasteiger partial charge in [0.25, 0.3) is 5.91 Å². The van der Waals surface area contributed by atoms with Gasteiger partial charge >= 0.3 is 0 Å². The van der Waals surface area contributed by atoms with Crippen molar-refractivity contribution in [1.82, 2.24) is 20.4 Å². The molecular weight excluding hydrogens is 230 g/mol. The molecule has 1 saturated carbocycles. The second-order valence-corrected chi connectivity index (χ2v) is 4.88. The van der Waals surface area contributed by atoms with Crippen LogP contribution in [-0.4, -0.2) is 47.2 Å². The number of carbonyl (C=O) groups is 1. The van der Waals surface area contributed by atoms with E-state index in [0.717, 1.165) is 6.54 Å². The number of H-pyrrole nitrogens is 1. The molecule has 0 aromatic carbocycles. The first kappa shape index (κ1) is 12.9. The largest absolute Gasteiger partial charge is 0.382 e. The van der Waals surface area contributed by atoms with E-state index < -0.39 is 0 Å². The maximum atomic E-state index is 11.7. The summed E-state index contributed by atoms with van der Waals surface area (Å²) in [5.41, 5.74) is 5.86. The standard InChI is InChI=1S/C12H21N5O/c1-17(9-4-2-3-5-9)7-6-14-12(18)10-8-11(13)16-15-10/h8-9H,2-7H2,1H3,(H,14,18)(H3,13,15,16). The molecule has 0 aliphatic heterocycles. The van der Waals surface area contributed by atoms with Gasteiger partial charge in [-0.1, -0.05) is 12.8 Å². The Labute approximate surface area is 107 Å². The van der Waals surface area contributed by atoms with Gasteiger partial charge in [0.15, 0.2) is 0 Å². The minimum Gasteiger partial charge on any atom is -0.382 e. The molecule has 1 heterocycles. The van der Waals surface area contributed by atoms with Gasteiger partial charge in [0.1, 0.15) is 11.5 Å². The first-order chi connectivity index (χ1) is 8.66. The highest BCUT2D eigenvalue weighted by Crippen LogP contribution is 2.21.